The first kappa shape index (κ1) is 11.3. The smallest absolute Gasteiger partial charge is 0.0351 e. The molecule has 1 unspecified atom stereocenters. The number of benzene rings is 1. The maximum absolute atomic E-state index is 3.53. The molecule has 0 saturated carbocycles. The van der Waals surface area contributed by atoms with Gasteiger partial charge >= 0.3 is 0 Å². The normalized spacial score (nSPS) is 12.7. The Balaban J connectivity index is 2.58. The van der Waals surface area contributed by atoms with Gasteiger partial charge in [-0.05, 0) is 24.9 Å². The Morgan fingerprint density at radius 3 is 2.50 bits per heavy atom. The first-order chi connectivity index (χ1) is 6.88. The first-order valence-corrected chi connectivity index (χ1v) is 5.50. The minimum Gasteiger partial charge on any atom is -0.310 e. The third-order valence-electron chi connectivity index (χ3n) is 2.24. The Kier molecular flexibility index (Phi) is 5.31. The molecule has 0 heterocycles. The van der Waals surface area contributed by atoms with Crippen molar-refractivity contribution >= 4 is 0 Å². The summed E-state index contributed by atoms with van der Waals surface area (Å²) in [5.74, 6) is 0. The van der Waals surface area contributed by atoms with Crippen molar-refractivity contribution in [3.05, 3.63) is 42.3 Å². The summed E-state index contributed by atoms with van der Waals surface area (Å²) in [6.45, 7) is 5.46. The number of hydrogen-bond donors (Lipinski definition) is 1. The summed E-state index contributed by atoms with van der Waals surface area (Å²) >= 11 is 0. The molecule has 0 amide bonds. The molecule has 1 heteroatoms. The average Bonchev–Trinajstić information content (AvgIpc) is 2.25. The van der Waals surface area contributed by atoms with Gasteiger partial charge in [0, 0.05) is 6.04 Å². The van der Waals surface area contributed by atoms with Crippen LogP contribution in [0.1, 0.15) is 38.3 Å². The largest absolute Gasteiger partial charge is 0.310 e. The van der Waals surface area contributed by atoms with Crippen LogP contribution in [-0.2, 0) is 0 Å². The van der Waals surface area contributed by atoms with E-state index in [4.69, 9.17) is 0 Å². The van der Waals surface area contributed by atoms with Gasteiger partial charge in [-0.2, -0.15) is 0 Å². The van der Waals surface area contributed by atoms with Crippen LogP contribution in [-0.4, -0.2) is 6.54 Å². The minimum atomic E-state index is 0.418. The quantitative estimate of drug-likeness (QED) is 0.725. The van der Waals surface area contributed by atoms with Crippen molar-refractivity contribution in [2.45, 2.75) is 32.7 Å². The molecule has 0 aliphatic heterocycles. The molecule has 1 N–H and O–H groups in total. The highest BCUT2D eigenvalue weighted by atomic mass is 14.9. The average molecular weight is 190 g/mol. The number of nitrogens with one attached hydrogen (secondary N) is 1. The maximum Gasteiger partial charge on any atom is 0.0351 e. The van der Waals surface area contributed by atoms with Crippen molar-refractivity contribution < 1.29 is 0 Å². The molecule has 0 fully saturated rings. The Hall–Kier alpha value is -0.820. The van der Waals surface area contributed by atoms with Crippen LogP contribution in [0.5, 0.6) is 0 Å². The van der Waals surface area contributed by atoms with Gasteiger partial charge in [0.05, 0.1) is 0 Å². The van der Waals surface area contributed by atoms with Crippen molar-refractivity contribution in [3.63, 3.8) is 0 Å². The summed E-state index contributed by atoms with van der Waals surface area (Å²) in [4.78, 5) is 0. The van der Waals surface area contributed by atoms with E-state index >= 15 is 0 Å². The monoisotopic (exact) mass is 190 g/mol. The number of rotatable bonds is 6. The van der Waals surface area contributed by atoms with Crippen molar-refractivity contribution in [2.24, 2.45) is 0 Å². The van der Waals surface area contributed by atoms with Crippen LogP contribution < -0.4 is 5.32 Å². The molecular formula is C13H20N. The predicted molar refractivity (Wildman–Crippen MR) is 62.1 cm³/mol. The fourth-order valence-corrected chi connectivity index (χ4v) is 1.53. The summed E-state index contributed by atoms with van der Waals surface area (Å²) < 4.78 is 0. The SMILES string of the molecule is CC[CH]C(NCCC)c1ccccc1. The van der Waals surface area contributed by atoms with Crippen LogP contribution >= 0.6 is 0 Å². The van der Waals surface area contributed by atoms with Crippen molar-refractivity contribution in [2.75, 3.05) is 6.54 Å². The molecule has 1 radical (unpaired) electrons. The molecule has 0 aromatic heterocycles. The maximum atomic E-state index is 3.53. The highest BCUT2D eigenvalue weighted by Crippen LogP contribution is 2.16. The Morgan fingerprint density at radius 1 is 1.21 bits per heavy atom. The van der Waals surface area contributed by atoms with Gasteiger partial charge in [-0.3, -0.25) is 0 Å². The lowest BCUT2D eigenvalue weighted by Crippen LogP contribution is -2.22. The first-order valence-electron chi connectivity index (χ1n) is 5.50. The van der Waals surface area contributed by atoms with Crippen LogP contribution in [0.2, 0.25) is 0 Å². The zero-order chi connectivity index (χ0) is 10.2. The van der Waals surface area contributed by atoms with Gasteiger partial charge in [-0.15, -0.1) is 0 Å². The molecule has 0 aliphatic carbocycles. The Morgan fingerprint density at radius 2 is 1.93 bits per heavy atom. The number of hydrogen-bond acceptors (Lipinski definition) is 1. The van der Waals surface area contributed by atoms with Gasteiger partial charge in [0.2, 0.25) is 0 Å². The van der Waals surface area contributed by atoms with Crippen molar-refractivity contribution in [3.8, 4) is 0 Å². The standard InChI is InChI=1S/C13H20N/c1-3-8-13(14-11-4-2)12-9-6-5-7-10-12/h5-10,13-14H,3-4,11H2,1-2H3. The van der Waals surface area contributed by atoms with Gasteiger partial charge < -0.3 is 5.32 Å². The summed E-state index contributed by atoms with van der Waals surface area (Å²) in [7, 11) is 0. The molecule has 14 heavy (non-hydrogen) atoms. The van der Waals surface area contributed by atoms with E-state index in [0.29, 0.717) is 6.04 Å². The van der Waals surface area contributed by atoms with E-state index in [-0.39, 0.29) is 0 Å². The van der Waals surface area contributed by atoms with Crippen LogP contribution in [0.4, 0.5) is 0 Å². The molecule has 0 bridgehead atoms. The van der Waals surface area contributed by atoms with Gasteiger partial charge in [0.15, 0.2) is 0 Å². The molecular weight excluding hydrogens is 170 g/mol. The second-order valence-corrected chi connectivity index (χ2v) is 3.49. The topological polar surface area (TPSA) is 12.0 Å². The van der Waals surface area contributed by atoms with E-state index < -0.39 is 0 Å². The van der Waals surface area contributed by atoms with Crippen molar-refractivity contribution in [1.29, 1.82) is 0 Å². The lowest BCUT2D eigenvalue weighted by Gasteiger charge is -2.17. The second kappa shape index (κ2) is 6.61. The molecule has 1 rings (SSSR count). The van der Waals surface area contributed by atoms with E-state index in [2.05, 4.69) is 55.9 Å². The third-order valence-corrected chi connectivity index (χ3v) is 2.24. The van der Waals surface area contributed by atoms with E-state index in [0.717, 1.165) is 13.0 Å². The zero-order valence-electron chi connectivity index (χ0n) is 9.16. The van der Waals surface area contributed by atoms with Crippen LogP contribution in [0.3, 0.4) is 0 Å². The summed E-state index contributed by atoms with van der Waals surface area (Å²) in [5, 5.41) is 3.53. The van der Waals surface area contributed by atoms with Gasteiger partial charge in [-0.25, -0.2) is 0 Å². The lowest BCUT2D eigenvalue weighted by molar-refractivity contribution is 0.573. The highest BCUT2D eigenvalue weighted by molar-refractivity contribution is 5.21. The molecule has 1 nitrogen and oxygen atoms in total. The van der Waals surface area contributed by atoms with E-state index in [1.807, 2.05) is 0 Å². The van der Waals surface area contributed by atoms with E-state index in [1.165, 1.54) is 12.0 Å². The minimum absolute atomic E-state index is 0.418. The molecule has 0 aliphatic rings. The summed E-state index contributed by atoms with van der Waals surface area (Å²) in [6, 6.07) is 11.0. The van der Waals surface area contributed by atoms with E-state index in [1.54, 1.807) is 0 Å². The Labute approximate surface area is 87.5 Å². The summed E-state index contributed by atoms with van der Waals surface area (Å²) in [6.07, 6.45) is 4.61. The Bertz CT molecular complexity index is 230. The summed E-state index contributed by atoms with van der Waals surface area (Å²) in [5.41, 5.74) is 1.36. The highest BCUT2D eigenvalue weighted by Gasteiger charge is 2.07. The van der Waals surface area contributed by atoms with Crippen LogP contribution in [0.25, 0.3) is 0 Å². The lowest BCUT2D eigenvalue weighted by atomic mass is 10.0. The van der Waals surface area contributed by atoms with Gasteiger partial charge in [-0.1, -0.05) is 50.6 Å². The third kappa shape index (κ3) is 3.51. The fraction of sp³-hybridized carbons (Fsp3) is 0.462. The molecule has 1 aromatic carbocycles. The molecule has 0 saturated heterocycles. The van der Waals surface area contributed by atoms with Crippen LogP contribution in [0, 0.1) is 6.42 Å². The predicted octanol–water partition coefficient (Wildman–Crippen LogP) is 3.34. The van der Waals surface area contributed by atoms with Gasteiger partial charge in [0.25, 0.3) is 0 Å². The molecule has 77 valence electrons. The van der Waals surface area contributed by atoms with Gasteiger partial charge in [0.1, 0.15) is 0 Å². The van der Waals surface area contributed by atoms with Crippen LogP contribution in [0.15, 0.2) is 30.3 Å². The fourth-order valence-electron chi connectivity index (χ4n) is 1.53. The zero-order valence-corrected chi connectivity index (χ0v) is 9.16. The molecule has 1 aromatic rings. The molecule has 0 spiro atoms. The molecule has 1 atom stereocenters. The second-order valence-electron chi connectivity index (χ2n) is 3.49. The van der Waals surface area contributed by atoms with Crippen molar-refractivity contribution in [1.82, 2.24) is 5.32 Å². The van der Waals surface area contributed by atoms with E-state index in [9.17, 15) is 0 Å².